The van der Waals surface area contributed by atoms with Crippen molar-refractivity contribution in [2.75, 3.05) is 13.2 Å². The van der Waals surface area contributed by atoms with E-state index in [1.807, 2.05) is 11.0 Å². The molecule has 1 aliphatic carbocycles. The summed E-state index contributed by atoms with van der Waals surface area (Å²) in [5, 5.41) is 0. The summed E-state index contributed by atoms with van der Waals surface area (Å²) in [6.45, 7) is 5.25. The molecule has 1 N–H and O–H groups in total. The molecule has 22 heavy (non-hydrogen) atoms. The molecule has 5 nitrogen and oxygen atoms in total. The molecule has 1 unspecified atom stereocenters. The third kappa shape index (κ3) is 2.93. The van der Waals surface area contributed by atoms with Crippen molar-refractivity contribution in [3.8, 4) is 0 Å². The van der Waals surface area contributed by atoms with Gasteiger partial charge in [0.05, 0.1) is 18.1 Å². The Morgan fingerprint density at radius 3 is 3.14 bits per heavy atom. The lowest BCUT2D eigenvalue weighted by Crippen LogP contribution is -2.42. The summed E-state index contributed by atoms with van der Waals surface area (Å²) in [5.41, 5.74) is 3.20. The monoisotopic (exact) mass is 303 g/mol. The number of aromatic nitrogens is 2. The molecule has 0 saturated carbocycles. The Labute approximate surface area is 132 Å². The first-order chi connectivity index (χ1) is 10.7. The zero-order valence-electron chi connectivity index (χ0n) is 13.2. The van der Waals surface area contributed by atoms with Crippen LogP contribution in [0.2, 0.25) is 0 Å². The summed E-state index contributed by atoms with van der Waals surface area (Å²) < 4.78 is 5.52. The Kier molecular flexibility index (Phi) is 4.32. The number of aromatic amines is 1. The van der Waals surface area contributed by atoms with E-state index in [4.69, 9.17) is 4.74 Å². The average molecular weight is 303 g/mol. The van der Waals surface area contributed by atoms with Crippen LogP contribution in [0, 0.1) is 5.92 Å². The first kappa shape index (κ1) is 14.9. The van der Waals surface area contributed by atoms with Gasteiger partial charge in [0, 0.05) is 20.1 Å². The molecule has 1 atom stereocenters. The van der Waals surface area contributed by atoms with Crippen molar-refractivity contribution in [1.82, 2.24) is 14.9 Å². The van der Waals surface area contributed by atoms with Crippen LogP contribution >= 0.6 is 0 Å². The summed E-state index contributed by atoms with van der Waals surface area (Å²) in [5.74, 6) is 0.295. The van der Waals surface area contributed by atoms with Crippen LogP contribution in [0.3, 0.4) is 0 Å². The first-order valence-corrected chi connectivity index (χ1v) is 7.98. The molecular formula is C17H25N3O2. The number of imidazole rings is 1. The van der Waals surface area contributed by atoms with E-state index in [9.17, 15) is 4.79 Å². The van der Waals surface area contributed by atoms with Gasteiger partial charge in [0.15, 0.2) is 0 Å². The fraction of sp³-hybridized carbons (Fsp3) is 0.529. The van der Waals surface area contributed by atoms with Gasteiger partial charge in [0.25, 0.3) is 0 Å². The van der Waals surface area contributed by atoms with Crippen LogP contribution in [0.4, 0.5) is 4.79 Å². The van der Waals surface area contributed by atoms with E-state index in [-0.39, 0.29) is 13.6 Å². The number of rotatable bonds is 3. The zero-order valence-corrected chi connectivity index (χ0v) is 13.2. The number of H-pyrrole nitrogens is 1. The Bertz CT molecular complexity index is 607. The molecule has 0 bridgehead atoms. The van der Waals surface area contributed by atoms with E-state index >= 15 is 0 Å². The smallest absolute Gasteiger partial charge is 0.410 e. The van der Waals surface area contributed by atoms with Crippen molar-refractivity contribution in [2.45, 2.75) is 39.2 Å². The quantitative estimate of drug-likeness (QED) is 0.927. The van der Waals surface area contributed by atoms with E-state index in [2.05, 4.69) is 36.0 Å². The molecule has 2 aliphatic rings. The minimum Gasteiger partial charge on any atom is -0.445 e. The molecule has 0 saturated heterocycles. The van der Waals surface area contributed by atoms with Crippen molar-refractivity contribution in [2.24, 2.45) is 5.92 Å². The van der Waals surface area contributed by atoms with E-state index in [0.29, 0.717) is 19.1 Å². The number of carbonyl (C=O) groups excluding carboxylic acids is 1. The van der Waals surface area contributed by atoms with Gasteiger partial charge in [-0.15, -0.1) is 0 Å². The number of allylic oxidation sites excluding steroid dienone is 2. The van der Waals surface area contributed by atoms with Crippen LogP contribution in [0.1, 0.15) is 45.5 Å². The number of nitrogens with zero attached hydrogens (tertiary/aromatic N) is 2. The molecule has 1 amide bonds. The maximum absolute atomic E-state index is 12.5. The van der Waals surface area contributed by atoms with Crippen molar-refractivity contribution in [1.29, 1.82) is 0 Å². The summed E-state index contributed by atoms with van der Waals surface area (Å²) in [6, 6.07) is -0.0154. The minimum absolute atomic E-state index is 0. The summed E-state index contributed by atoms with van der Waals surface area (Å²) in [4.78, 5) is 21.9. The van der Waals surface area contributed by atoms with Gasteiger partial charge in [0.2, 0.25) is 0 Å². The van der Waals surface area contributed by atoms with Gasteiger partial charge < -0.3 is 9.72 Å². The van der Waals surface area contributed by atoms with Crippen molar-refractivity contribution >= 4 is 6.09 Å². The molecule has 1 aliphatic heterocycles. The Morgan fingerprint density at radius 2 is 2.41 bits per heavy atom. The standard InChI is InChI=1S/C17H23N3O2.H2/c1-12(2)16-15-14(18-11-19-15)8-9-20(16)17(21)22-10-13-6-4-3-5-7-13;/h4,6-7,11-12,16H,3,5,8-10H2,1-2H3,(H,18,19);1H. The molecule has 0 spiro atoms. The van der Waals surface area contributed by atoms with Gasteiger partial charge in [-0.05, 0) is 24.3 Å². The van der Waals surface area contributed by atoms with E-state index in [0.717, 1.165) is 36.2 Å². The number of nitrogens with one attached hydrogen (secondary N) is 1. The summed E-state index contributed by atoms with van der Waals surface area (Å²) in [7, 11) is 0. The molecule has 5 heteroatoms. The predicted octanol–water partition coefficient (Wildman–Crippen LogP) is 3.62. The maximum Gasteiger partial charge on any atom is 0.410 e. The number of hydrogen-bond donors (Lipinski definition) is 1. The van der Waals surface area contributed by atoms with Gasteiger partial charge in [-0.1, -0.05) is 32.1 Å². The van der Waals surface area contributed by atoms with Crippen molar-refractivity contribution in [3.63, 3.8) is 0 Å². The van der Waals surface area contributed by atoms with Crippen LogP contribution in [-0.4, -0.2) is 34.1 Å². The van der Waals surface area contributed by atoms with Crippen molar-refractivity contribution < 1.29 is 11.0 Å². The predicted molar refractivity (Wildman–Crippen MR) is 86.5 cm³/mol. The first-order valence-electron chi connectivity index (χ1n) is 7.98. The van der Waals surface area contributed by atoms with E-state index in [1.54, 1.807) is 6.33 Å². The molecule has 120 valence electrons. The third-order valence-corrected chi connectivity index (χ3v) is 4.27. The van der Waals surface area contributed by atoms with Crippen LogP contribution in [-0.2, 0) is 11.2 Å². The normalized spacial score (nSPS) is 20.8. The van der Waals surface area contributed by atoms with Crippen molar-refractivity contribution in [3.05, 3.63) is 41.5 Å². The third-order valence-electron chi connectivity index (χ3n) is 4.27. The number of fused-ring (bicyclic) bond motifs is 1. The van der Waals surface area contributed by atoms with Crippen LogP contribution in [0.5, 0.6) is 0 Å². The number of carbonyl (C=O) groups is 1. The molecule has 1 aromatic rings. The van der Waals surface area contributed by atoms with Gasteiger partial charge >= 0.3 is 6.09 Å². The van der Waals surface area contributed by atoms with Crippen LogP contribution < -0.4 is 0 Å². The molecule has 0 aromatic carbocycles. The maximum atomic E-state index is 12.5. The van der Waals surface area contributed by atoms with Gasteiger partial charge in [-0.3, -0.25) is 4.90 Å². The van der Waals surface area contributed by atoms with Crippen LogP contribution in [0.15, 0.2) is 30.1 Å². The molecule has 0 fully saturated rings. The Hall–Kier alpha value is -2.04. The summed E-state index contributed by atoms with van der Waals surface area (Å²) in [6.07, 6.45) is 10.7. The second-order valence-electron chi connectivity index (χ2n) is 6.21. The highest BCUT2D eigenvalue weighted by molar-refractivity contribution is 5.69. The fourth-order valence-corrected chi connectivity index (χ4v) is 3.19. The number of ether oxygens (including phenoxy) is 1. The second kappa shape index (κ2) is 6.38. The topological polar surface area (TPSA) is 58.2 Å². The number of hydrogen-bond acceptors (Lipinski definition) is 3. The SMILES string of the molecule is CC(C)C1c2nc[nH]c2CCN1C(=O)OCC1=CCCC=C1.[HH]. The zero-order chi connectivity index (χ0) is 15.5. The Balaban J connectivity index is 0.00000192. The molecule has 3 rings (SSSR count). The highest BCUT2D eigenvalue weighted by Crippen LogP contribution is 2.33. The number of amides is 1. The minimum atomic E-state index is -0.243. The lowest BCUT2D eigenvalue weighted by Gasteiger charge is -2.36. The molecule has 0 radical (unpaired) electrons. The van der Waals surface area contributed by atoms with Gasteiger partial charge in [0.1, 0.15) is 6.61 Å². The lowest BCUT2D eigenvalue weighted by atomic mass is 9.94. The summed E-state index contributed by atoms with van der Waals surface area (Å²) >= 11 is 0. The average Bonchev–Trinajstić information content (AvgIpc) is 3.00. The van der Waals surface area contributed by atoms with E-state index < -0.39 is 0 Å². The molecule has 1 aromatic heterocycles. The largest absolute Gasteiger partial charge is 0.445 e. The second-order valence-corrected chi connectivity index (χ2v) is 6.21. The molecule has 2 heterocycles. The van der Waals surface area contributed by atoms with E-state index in [1.165, 1.54) is 0 Å². The Morgan fingerprint density at radius 1 is 1.55 bits per heavy atom. The lowest BCUT2D eigenvalue weighted by molar-refractivity contribution is 0.0764. The fourth-order valence-electron chi connectivity index (χ4n) is 3.19. The molecular weight excluding hydrogens is 278 g/mol. The van der Waals surface area contributed by atoms with Crippen LogP contribution in [0.25, 0.3) is 0 Å². The van der Waals surface area contributed by atoms with Gasteiger partial charge in [-0.25, -0.2) is 9.78 Å². The van der Waals surface area contributed by atoms with Gasteiger partial charge in [-0.2, -0.15) is 0 Å². The highest BCUT2D eigenvalue weighted by atomic mass is 16.6. The highest BCUT2D eigenvalue weighted by Gasteiger charge is 2.35.